The Hall–Kier alpha value is -1.69. The van der Waals surface area contributed by atoms with Crippen molar-refractivity contribution in [3.05, 3.63) is 71.8 Å². The van der Waals surface area contributed by atoms with Crippen LogP contribution in [-0.2, 0) is 19.0 Å². The Morgan fingerprint density at radius 2 is 1.54 bits per heavy atom. The van der Waals surface area contributed by atoms with E-state index in [-0.39, 0.29) is 18.1 Å². The monoisotopic (exact) mass is 346 g/mol. The molecule has 1 fully saturated rings. The van der Waals surface area contributed by atoms with Gasteiger partial charge in [-0.05, 0) is 17.5 Å². The molecule has 0 radical (unpaired) electrons. The lowest BCUT2D eigenvalue weighted by Gasteiger charge is -2.34. The van der Waals surface area contributed by atoms with Gasteiger partial charge in [-0.1, -0.05) is 60.7 Å². The Morgan fingerprint density at radius 3 is 2.04 bits per heavy atom. The number of rotatable bonds is 5. The first-order valence-electron chi connectivity index (χ1n) is 8.13. The Morgan fingerprint density at radius 1 is 1.00 bits per heavy atom. The lowest BCUT2D eigenvalue weighted by molar-refractivity contribution is -0.0397. The molecule has 0 aliphatic carbocycles. The van der Waals surface area contributed by atoms with Crippen LogP contribution in [0, 0.1) is 0 Å². The van der Waals surface area contributed by atoms with Gasteiger partial charge in [0.25, 0.3) is 10.1 Å². The maximum Gasteiger partial charge on any atom is 0.264 e. The average Bonchev–Trinajstić information content (AvgIpc) is 2.56. The van der Waals surface area contributed by atoms with Gasteiger partial charge in [-0.2, -0.15) is 8.42 Å². The molecule has 0 spiro atoms. The smallest absolute Gasteiger partial charge is 0.264 e. The van der Waals surface area contributed by atoms with E-state index in [1.54, 1.807) is 0 Å². The number of ether oxygens (including phenoxy) is 1. The highest BCUT2D eigenvalue weighted by molar-refractivity contribution is 7.86. The van der Waals surface area contributed by atoms with Gasteiger partial charge in [0, 0.05) is 18.9 Å². The van der Waals surface area contributed by atoms with Crippen molar-refractivity contribution in [2.45, 2.75) is 31.0 Å². The number of benzene rings is 2. The molecule has 0 aromatic heterocycles. The van der Waals surface area contributed by atoms with Crippen molar-refractivity contribution >= 4 is 10.1 Å². The summed E-state index contributed by atoms with van der Waals surface area (Å²) < 4.78 is 34.1. The van der Waals surface area contributed by atoms with Crippen LogP contribution < -0.4 is 0 Å². The van der Waals surface area contributed by atoms with Gasteiger partial charge in [-0.15, -0.1) is 0 Å². The molecule has 2 aromatic rings. The molecule has 5 heteroatoms. The van der Waals surface area contributed by atoms with Crippen LogP contribution >= 0.6 is 0 Å². The van der Waals surface area contributed by atoms with Gasteiger partial charge in [0.05, 0.1) is 18.5 Å². The van der Waals surface area contributed by atoms with Gasteiger partial charge in [0.1, 0.15) is 0 Å². The quantitative estimate of drug-likeness (QED) is 0.779. The molecule has 2 aromatic carbocycles. The van der Waals surface area contributed by atoms with Crippen molar-refractivity contribution in [1.82, 2.24) is 0 Å². The Labute approximate surface area is 143 Å². The van der Waals surface area contributed by atoms with Crippen molar-refractivity contribution in [2.24, 2.45) is 0 Å². The second-order valence-electron chi connectivity index (χ2n) is 6.16. The molecule has 128 valence electrons. The van der Waals surface area contributed by atoms with Crippen LogP contribution in [0.3, 0.4) is 0 Å². The maximum atomic E-state index is 11.5. The van der Waals surface area contributed by atoms with Gasteiger partial charge >= 0.3 is 0 Å². The molecule has 4 nitrogen and oxygen atoms in total. The van der Waals surface area contributed by atoms with E-state index in [0.29, 0.717) is 19.4 Å². The lowest BCUT2D eigenvalue weighted by Crippen LogP contribution is -2.36. The molecule has 1 aliphatic rings. The Kier molecular flexibility index (Phi) is 5.33. The molecule has 2 unspecified atom stereocenters. The summed E-state index contributed by atoms with van der Waals surface area (Å²) in [6, 6.07) is 20.4. The number of hydrogen-bond acceptors (Lipinski definition) is 4. The van der Waals surface area contributed by atoms with Crippen LogP contribution in [0.2, 0.25) is 0 Å². The predicted octanol–water partition coefficient (Wildman–Crippen LogP) is 3.34. The molecule has 24 heavy (non-hydrogen) atoms. The van der Waals surface area contributed by atoms with Crippen LogP contribution in [-0.4, -0.2) is 33.5 Å². The SMILES string of the molecule is CS(=O)(=O)OC1CCOC(C(c2ccccc2)c2ccccc2)C1. The fraction of sp³-hybridized carbons (Fsp3) is 0.368. The van der Waals surface area contributed by atoms with Crippen LogP contribution in [0.5, 0.6) is 0 Å². The van der Waals surface area contributed by atoms with Crippen LogP contribution in [0.15, 0.2) is 60.7 Å². The van der Waals surface area contributed by atoms with Crippen LogP contribution in [0.25, 0.3) is 0 Å². The van der Waals surface area contributed by atoms with E-state index >= 15 is 0 Å². The highest BCUT2D eigenvalue weighted by Crippen LogP contribution is 2.35. The summed E-state index contributed by atoms with van der Waals surface area (Å²) in [4.78, 5) is 0. The van der Waals surface area contributed by atoms with Gasteiger partial charge < -0.3 is 4.74 Å². The molecule has 1 saturated heterocycles. The zero-order valence-corrected chi connectivity index (χ0v) is 14.5. The summed E-state index contributed by atoms with van der Waals surface area (Å²) in [6.45, 7) is 0.501. The van der Waals surface area contributed by atoms with E-state index in [2.05, 4.69) is 24.3 Å². The summed E-state index contributed by atoms with van der Waals surface area (Å²) in [5.41, 5.74) is 2.32. The van der Waals surface area contributed by atoms with Crippen molar-refractivity contribution in [3.63, 3.8) is 0 Å². The highest BCUT2D eigenvalue weighted by Gasteiger charge is 2.33. The van der Waals surface area contributed by atoms with Crippen molar-refractivity contribution in [1.29, 1.82) is 0 Å². The second-order valence-corrected chi connectivity index (χ2v) is 7.76. The number of hydrogen-bond donors (Lipinski definition) is 0. The lowest BCUT2D eigenvalue weighted by atomic mass is 9.83. The maximum absolute atomic E-state index is 11.5. The molecule has 0 bridgehead atoms. The van der Waals surface area contributed by atoms with Crippen molar-refractivity contribution < 1.29 is 17.3 Å². The standard InChI is InChI=1S/C19H22O4S/c1-24(20,21)23-17-12-13-22-18(14-17)19(15-8-4-2-5-9-15)16-10-6-3-7-11-16/h2-11,17-19H,12-14H2,1H3. The van der Waals surface area contributed by atoms with Crippen molar-refractivity contribution in [2.75, 3.05) is 12.9 Å². The van der Waals surface area contributed by atoms with E-state index in [0.717, 1.165) is 17.4 Å². The first-order valence-corrected chi connectivity index (χ1v) is 9.94. The largest absolute Gasteiger partial charge is 0.377 e. The molecular weight excluding hydrogens is 324 g/mol. The Balaban J connectivity index is 1.88. The summed E-state index contributed by atoms with van der Waals surface area (Å²) in [6.07, 6.45) is 1.81. The van der Waals surface area contributed by atoms with Gasteiger partial charge in [0.15, 0.2) is 0 Å². The molecule has 2 atom stereocenters. The average molecular weight is 346 g/mol. The Bertz CT molecular complexity index is 704. The van der Waals surface area contributed by atoms with E-state index in [1.807, 2.05) is 36.4 Å². The minimum absolute atomic E-state index is 0.0540. The second kappa shape index (κ2) is 7.47. The van der Waals surface area contributed by atoms with Crippen LogP contribution in [0.1, 0.15) is 29.9 Å². The molecular formula is C19H22O4S. The molecule has 0 saturated carbocycles. The highest BCUT2D eigenvalue weighted by atomic mass is 32.2. The van der Waals surface area contributed by atoms with Gasteiger partial charge in [-0.25, -0.2) is 0 Å². The van der Waals surface area contributed by atoms with Crippen LogP contribution in [0.4, 0.5) is 0 Å². The topological polar surface area (TPSA) is 52.6 Å². The fourth-order valence-electron chi connectivity index (χ4n) is 3.31. The van der Waals surface area contributed by atoms with E-state index in [9.17, 15) is 8.42 Å². The third-order valence-electron chi connectivity index (χ3n) is 4.27. The minimum Gasteiger partial charge on any atom is -0.377 e. The third kappa shape index (κ3) is 4.44. The minimum atomic E-state index is -3.46. The molecule has 1 heterocycles. The van der Waals surface area contributed by atoms with Crippen molar-refractivity contribution in [3.8, 4) is 0 Å². The molecule has 0 amide bonds. The summed E-state index contributed by atoms with van der Waals surface area (Å²) in [7, 11) is -3.46. The molecule has 3 rings (SSSR count). The predicted molar refractivity (Wildman–Crippen MR) is 93.4 cm³/mol. The van der Waals surface area contributed by atoms with Gasteiger partial charge in [0.2, 0.25) is 0 Å². The normalized spacial score (nSPS) is 21.8. The fourth-order valence-corrected chi connectivity index (χ4v) is 3.97. The van der Waals surface area contributed by atoms with E-state index in [4.69, 9.17) is 8.92 Å². The zero-order valence-electron chi connectivity index (χ0n) is 13.7. The molecule has 1 aliphatic heterocycles. The zero-order chi connectivity index (χ0) is 17.0. The van der Waals surface area contributed by atoms with E-state index < -0.39 is 10.1 Å². The molecule has 0 N–H and O–H groups in total. The summed E-state index contributed by atoms with van der Waals surface area (Å²) in [5.74, 6) is 0.0540. The summed E-state index contributed by atoms with van der Waals surface area (Å²) >= 11 is 0. The third-order valence-corrected chi connectivity index (χ3v) is 4.89. The van der Waals surface area contributed by atoms with E-state index in [1.165, 1.54) is 0 Å². The first-order chi connectivity index (χ1) is 11.5. The summed E-state index contributed by atoms with van der Waals surface area (Å²) in [5, 5.41) is 0. The first kappa shape index (κ1) is 17.1. The van der Waals surface area contributed by atoms with Gasteiger partial charge in [-0.3, -0.25) is 4.18 Å².